The van der Waals surface area contributed by atoms with Crippen LogP contribution in [0.4, 0.5) is 10.1 Å². The summed E-state index contributed by atoms with van der Waals surface area (Å²) in [7, 11) is 1.55. The van der Waals surface area contributed by atoms with E-state index in [9.17, 15) is 9.18 Å². The van der Waals surface area contributed by atoms with Gasteiger partial charge in [0.25, 0.3) is 0 Å². The van der Waals surface area contributed by atoms with Crippen LogP contribution < -0.4 is 10.1 Å². The molecule has 0 heterocycles. The number of anilines is 1. The monoisotopic (exact) mass is 353 g/mol. The number of carbonyl (C=O) groups excluding carboxylic acids is 1. The van der Waals surface area contributed by atoms with Crippen LogP contribution >= 0.6 is 23.4 Å². The van der Waals surface area contributed by atoms with Gasteiger partial charge in [-0.05, 0) is 42.3 Å². The molecule has 0 aromatic heterocycles. The number of ether oxygens (including phenoxy) is 1. The standard InChI is InChI=1S/C17H17ClFNO2S/c1-11-3-6-16(22-2)15(7-11)20-17(21)10-23-9-12-4-5-13(18)8-14(12)19/h3-8H,9-10H2,1-2H3,(H,20,21). The summed E-state index contributed by atoms with van der Waals surface area (Å²) >= 11 is 7.05. The first-order chi connectivity index (χ1) is 11.0. The summed E-state index contributed by atoms with van der Waals surface area (Å²) in [6.07, 6.45) is 0. The minimum absolute atomic E-state index is 0.159. The zero-order valence-corrected chi connectivity index (χ0v) is 14.4. The van der Waals surface area contributed by atoms with Crippen molar-refractivity contribution in [1.29, 1.82) is 0 Å². The molecule has 0 bridgehead atoms. The molecule has 0 saturated carbocycles. The van der Waals surface area contributed by atoms with Gasteiger partial charge in [0.2, 0.25) is 5.91 Å². The van der Waals surface area contributed by atoms with Gasteiger partial charge in [-0.2, -0.15) is 0 Å². The summed E-state index contributed by atoms with van der Waals surface area (Å²) < 4.78 is 18.9. The van der Waals surface area contributed by atoms with Gasteiger partial charge < -0.3 is 10.1 Å². The first-order valence-corrected chi connectivity index (χ1v) is 8.49. The normalized spacial score (nSPS) is 10.4. The summed E-state index contributed by atoms with van der Waals surface area (Å²) in [5.74, 6) is 0.720. The minimum Gasteiger partial charge on any atom is -0.495 e. The Kier molecular flexibility index (Phi) is 6.30. The Hall–Kier alpha value is -1.72. The second-order valence-corrected chi connectivity index (χ2v) is 6.40. The maximum Gasteiger partial charge on any atom is 0.234 e. The number of rotatable bonds is 6. The van der Waals surface area contributed by atoms with Gasteiger partial charge in [0.05, 0.1) is 18.6 Å². The number of hydrogen-bond donors (Lipinski definition) is 1. The van der Waals surface area contributed by atoms with E-state index in [2.05, 4.69) is 5.32 Å². The largest absolute Gasteiger partial charge is 0.495 e. The van der Waals surface area contributed by atoms with Gasteiger partial charge in [-0.25, -0.2) is 4.39 Å². The SMILES string of the molecule is COc1ccc(C)cc1NC(=O)CSCc1ccc(Cl)cc1F. The average molecular weight is 354 g/mol. The van der Waals surface area contributed by atoms with Gasteiger partial charge in [0, 0.05) is 10.8 Å². The molecule has 0 unspecified atom stereocenters. The number of nitrogens with one attached hydrogen (secondary N) is 1. The summed E-state index contributed by atoms with van der Waals surface area (Å²) in [6.45, 7) is 1.94. The van der Waals surface area contributed by atoms with Crippen molar-refractivity contribution in [1.82, 2.24) is 0 Å². The van der Waals surface area contributed by atoms with E-state index in [1.165, 1.54) is 17.8 Å². The van der Waals surface area contributed by atoms with Crippen LogP contribution in [0, 0.1) is 12.7 Å². The van der Waals surface area contributed by atoms with Crippen molar-refractivity contribution in [3.8, 4) is 5.75 Å². The van der Waals surface area contributed by atoms with E-state index in [0.717, 1.165) is 5.56 Å². The summed E-state index contributed by atoms with van der Waals surface area (Å²) in [4.78, 5) is 12.0. The first-order valence-electron chi connectivity index (χ1n) is 6.95. The zero-order valence-electron chi connectivity index (χ0n) is 12.9. The molecule has 122 valence electrons. The van der Waals surface area contributed by atoms with Crippen molar-refractivity contribution in [2.45, 2.75) is 12.7 Å². The van der Waals surface area contributed by atoms with Crippen LogP contribution in [0.1, 0.15) is 11.1 Å². The molecule has 1 amide bonds. The Morgan fingerprint density at radius 2 is 2.09 bits per heavy atom. The highest BCUT2D eigenvalue weighted by Crippen LogP contribution is 2.25. The lowest BCUT2D eigenvalue weighted by Gasteiger charge is -2.11. The van der Waals surface area contributed by atoms with Crippen LogP contribution in [0.3, 0.4) is 0 Å². The topological polar surface area (TPSA) is 38.3 Å². The average Bonchev–Trinajstić information content (AvgIpc) is 2.50. The van der Waals surface area contributed by atoms with E-state index >= 15 is 0 Å². The molecule has 3 nitrogen and oxygen atoms in total. The third-order valence-corrected chi connectivity index (χ3v) is 4.35. The Labute approximate surface area is 144 Å². The molecule has 23 heavy (non-hydrogen) atoms. The molecule has 1 N–H and O–H groups in total. The van der Waals surface area contributed by atoms with Gasteiger partial charge in [0.1, 0.15) is 11.6 Å². The van der Waals surface area contributed by atoms with Crippen molar-refractivity contribution in [2.24, 2.45) is 0 Å². The van der Waals surface area contributed by atoms with Crippen LogP contribution in [0.2, 0.25) is 5.02 Å². The predicted octanol–water partition coefficient (Wildman–Crippen LogP) is 4.67. The fourth-order valence-corrected chi connectivity index (χ4v) is 2.97. The molecule has 0 aliphatic carbocycles. The lowest BCUT2D eigenvalue weighted by molar-refractivity contribution is -0.113. The Morgan fingerprint density at radius 3 is 2.78 bits per heavy atom. The highest BCUT2D eigenvalue weighted by Gasteiger charge is 2.09. The lowest BCUT2D eigenvalue weighted by atomic mass is 10.2. The Morgan fingerprint density at radius 1 is 1.30 bits per heavy atom. The van der Waals surface area contributed by atoms with E-state index in [0.29, 0.717) is 27.8 Å². The Balaban J connectivity index is 1.89. The fraction of sp³-hybridized carbons (Fsp3) is 0.235. The number of aryl methyl sites for hydroxylation is 1. The van der Waals surface area contributed by atoms with E-state index in [1.807, 2.05) is 19.1 Å². The van der Waals surface area contributed by atoms with Crippen LogP contribution in [0.15, 0.2) is 36.4 Å². The van der Waals surface area contributed by atoms with Crippen LogP contribution in [-0.4, -0.2) is 18.8 Å². The number of benzene rings is 2. The third-order valence-electron chi connectivity index (χ3n) is 3.13. The van der Waals surface area contributed by atoms with E-state index < -0.39 is 0 Å². The zero-order chi connectivity index (χ0) is 16.8. The van der Waals surface area contributed by atoms with Gasteiger partial charge in [-0.3, -0.25) is 4.79 Å². The van der Waals surface area contributed by atoms with Gasteiger partial charge >= 0.3 is 0 Å². The summed E-state index contributed by atoms with van der Waals surface area (Å²) in [5.41, 5.74) is 2.19. The number of hydrogen-bond acceptors (Lipinski definition) is 3. The van der Waals surface area contributed by atoms with Crippen LogP contribution in [-0.2, 0) is 10.5 Å². The van der Waals surface area contributed by atoms with E-state index in [-0.39, 0.29) is 17.5 Å². The molecule has 0 aliphatic heterocycles. The van der Waals surface area contributed by atoms with Crippen molar-refractivity contribution in [3.05, 3.63) is 58.4 Å². The molecule has 2 aromatic carbocycles. The summed E-state index contributed by atoms with van der Waals surface area (Å²) in [6, 6.07) is 10.1. The molecule has 0 fully saturated rings. The molecular weight excluding hydrogens is 337 g/mol. The molecular formula is C17H17ClFNO2S. The maximum absolute atomic E-state index is 13.7. The molecule has 2 rings (SSSR count). The number of methoxy groups -OCH3 is 1. The molecule has 0 atom stereocenters. The van der Waals surface area contributed by atoms with E-state index in [1.54, 1.807) is 25.3 Å². The quantitative estimate of drug-likeness (QED) is 0.820. The van der Waals surface area contributed by atoms with Crippen molar-refractivity contribution >= 4 is 35.0 Å². The minimum atomic E-state index is -0.356. The number of thioether (sulfide) groups is 1. The van der Waals surface area contributed by atoms with Crippen molar-refractivity contribution in [3.63, 3.8) is 0 Å². The number of carbonyl (C=O) groups is 1. The van der Waals surface area contributed by atoms with Crippen LogP contribution in [0.25, 0.3) is 0 Å². The molecule has 0 radical (unpaired) electrons. The highest BCUT2D eigenvalue weighted by molar-refractivity contribution is 7.99. The molecule has 0 spiro atoms. The number of amides is 1. The molecule has 2 aromatic rings. The Bertz CT molecular complexity index is 709. The maximum atomic E-state index is 13.7. The van der Waals surface area contributed by atoms with Gasteiger partial charge in [-0.15, -0.1) is 11.8 Å². The highest BCUT2D eigenvalue weighted by atomic mass is 35.5. The van der Waals surface area contributed by atoms with Crippen LogP contribution in [0.5, 0.6) is 5.75 Å². The fourth-order valence-electron chi connectivity index (χ4n) is 2.00. The second kappa shape index (κ2) is 8.22. The van der Waals surface area contributed by atoms with Crippen molar-refractivity contribution in [2.75, 3.05) is 18.2 Å². The van der Waals surface area contributed by atoms with E-state index in [4.69, 9.17) is 16.3 Å². The lowest BCUT2D eigenvalue weighted by Crippen LogP contribution is -2.15. The summed E-state index contributed by atoms with van der Waals surface area (Å²) in [5, 5.41) is 3.17. The molecule has 6 heteroatoms. The van der Waals surface area contributed by atoms with Gasteiger partial charge in [-0.1, -0.05) is 23.7 Å². The number of halogens is 2. The smallest absolute Gasteiger partial charge is 0.234 e. The first kappa shape index (κ1) is 17.6. The van der Waals surface area contributed by atoms with Gasteiger partial charge in [0.15, 0.2) is 0 Å². The molecule has 0 aliphatic rings. The molecule has 0 saturated heterocycles. The second-order valence-electron chi connectivity index (χ2n) is 4.98. The van der Waals surface area contributed by atoms with Crippen molar-refractivity contribution < 1.29 is 13.9 Å². The predicted molar refractivity (Wildman–Crippen MR) is 93.9 cm³/mol. The third kappa shape index (κ3) is 5.15.